The van der Waals surface area contributed by atoms with Crippen LogP contribution >= 0.6 is 0 Å². The van der Waals surface area contributed by atoms with Crippen LogP contribution < -0.4 is 10.1 Å². The highest BCUT2D eigenvalue weighted by atomic mass is 19.2. The molecule has 40 heavy (non-hydrogen) atoms. The summed E-state index contributed by atoms with van der Waals surface area (Å²) >= 11 is 0. The number of aryl methyl sites for hydroxylation is 1. The van der Waals surface area contributed by atoms with Gasteiger partial charge in [0.2, 0.25) is 5.82 Å². The van der Waals surface area contributed by atoms with Crippen LogP contribution in [0, 0.1) is 24.4 Å². The molecule has 6 nitrogen and oxygen atoms in total. The Kier molecular flexibility index (Phi) is 10.3. The van der Waals surface area contributed by atoms with E-state index in [0.29, 0.717) is 29.5 Å². The van der Waals surface area contributed by atoms with Crippen LogP contribution in [0.25, 0.3) is 11.1 Å². The van der Waals surface area contributed by atoms with Crippen molar-refractivity contribution >= 4 is 12.1 Å². The summed E-state index contributed by atoms with van der Waals surface area (Å²) < 4.78 is 61.8. The molecule has 1 N–H and O–H groups in total. The smallest absolute Gasteiger partial charge is 0.408 e. The molecule has 3 rings (SSSR count). The predicted molar refractivity (Wildman–Crippen MR) is 147 cm³/mol. The summed E-state index contributed by atoms with van der Waals surface area (Å²) in [7, 11) is 0. The Bertz CT molecular complexity index is 1250. The zero-order chi connectivity index (χ0) is 29.6. The number of allylic oxidation sites excluding steroid dienone is 1. The van der Waals surface area contributed by atoms with E-state index in [0.717, 1.165) is 18.9 Å². The molecule has 2 aromatic carbocycles. The van der Waals surface area contributed by atoms with Crippen molar-refractivity contribution in [1.29, 1.82) is 0 Å². The lowest BCUT2D eigenvalue weighted by atomic mass is 9.90. The first kappa shape index (κ1) is 31.0. The zero-order valence-corrected chi connectivity index (χ0v) is 23.8. The minimum Gasteiger partial charge on any atom is -0.490 e. The minimum absolute atomic E-state index is 0.0139. The molecule has 0 aliphatic heterocycles. The average molecular weight is 562 g/mol. The number of carbonyl (C=O) groups excluding carboxylic acids is 2. The Labute approximate surface area is 233 Å². The van der Waals surface area contributed by atoms with Crippen LogP contribution in [0.3, 0.4) is 0 Å². The van der Waals surface area contributed by atoms with Gasteiger partial charge in [-0.3, -0.25) is 4.79 Å². The fourth-order valence-corrected chi connectivity index (χ4v) is 4.45. The van der Waals surface area contributed by atoms with E-state index < -0.39 is 41.2 Å². The van der Waals surface area contributed by atoms with Crippen LogP contribution in [0.2, 0.25) is 0 Å². The number of carbonyl (C=O) groups is 2. The van der Waals surface area contributed by atoms with Gasteiger partial charge < -0.3 is 19.5 Å². The maximum atomic E-state index is 16.0. The van der Waals surface area contributed by atoms with Gasteiger partial charge in [-0.2, -0.15) is 4.39 Å². The summed E-state index contributed by atoms with van der Waals surface area (Å²) in [6, 6.07) is 2.98. The quantitative estimate of drug-likeness (QED) is 0.162. The van der Waals surface area contributed by atoms with Gasteiger partial charge in [-0.25, -0.2) is 13.6 Å². The van der Waals surface area contributed by atoms with E-state index >= 15 is 8.78 Å². The maximum absolute atomic E-state index is 16.0. The summed E-state index contributed by atoms with van der Waals surface area (Å²) in [4.78, 5) is 25.2. The summed E-state index contributed by atoms with van der Waals surface area (Å²) in [5, 5.41) is 2.61. The van der Waals surface area contributed by atoms with Gasteiger partial charge in [0.15, 0.2) is 11.6 Å². The molecule has 0 aromatic heterocycles. The van der Waals surface area contributed by atoms with Crippen molar-refractivity contribution in [2.45, 2.75) is 84.3 Å². The highest BCUT2D eigenvalue weighted by Gasteiger charge is 2.33. The third-order valence-corrected chi connectivity index (χ3v) is 6.35. The predicted octanol–water partition coefficient (Wildman–Crippen LogP) is 7.82. The van der Waals surface area contributed by atoms with Gasteiger partial charge in [-0.15, -0.1) is 6.58 Å². The molecule has 1 aliphatic carbocycles. The second-order valence-electron chi connectivity index (χ2n) is 10.9. The van der Waals surface area contributed by atoms with Crippen molar-refractivity contribution in [2.24, 2.45) is 0 Å². The second-order valence-corrected chi connectivity index (χ2v) is 10.9. The van der Waals surface area contributed by atoms with E-state index in [-0.39, 0.29) is 42.4 Å². The number of unbranched alkanes of at least 4 members (excludes halogenated alkanes) is 1. The Balaban J connectivity index is 2.17. The van der Waals surface area contributed by atoms with Gasteiger partial charge in [0.05, 0.1) is 25.7 Å². The van der Waals surface area contributed by atoms with Crippen LogP contribution in [0.4, 0.5) is 18.0 Å². The zero-order valence-electron chi connectivity index (χ0n) is 23.8. The molecule has 0 unspecified atom stereocenters. The molecule has 218 valence electrons. The van der Waals surface area contributed by atoms with E-state index in [9.17, 15) is 14.0 Å². The summed E-state index contributed by atoms with van der Waals surface area (Å²) in [6.45, 7) is 12.2. The van der Waals surface area contributed by atoms with Crippen LogP contribution in [0.1, 0.15) is 88.4 Å². The number of hydrogen-bond acceptors (Lipinski definition) is 5. The first-order valence-corrected chi connectivity index (χ1v) is 13.6. The number of hydrogen-bond donors (Lipinski definition) is 1. The largest absolute Gasteiger partial charge is 0.490 e. The second kappa shape index (κ2) is 13.2. The Morgan fingerprint density at radius 3 is 2.45 bits per heavy atom. The Morgan fingerprint density at radius 2 is 1.85 bits per heavy atom. The summed E-state index contributed by atoms with van der Waals surface area (Å²) in [6.07, 6.45) is 3.18. The third-order valence-electron chi connectivity index (χ3n) is 6.35. The molecule has 0 spiro atoms. The molecule has 0 bridgehead atoms. The van der Waals surface area contributed by atoms with Gasteiger partial charge >= 0.3 is 12.1 Å². The van der Waals surface area contributed by atoms with Crippen molar-refractivity contribution in [3.8, 4) is 16.9 Å². The molecule has 1 aliphatic rings. The number of amides is 1. The average Bonchev–Trinajstić information content (AvgIpc) is 3.69. The molecule has 1 amide bonds. The topological polar surface area (TPSA) is 73.9 Å². The molecule has 0 heterocycles. The van der Waals surface area contributed by atoms with Crippen molar-refractivity contribution in [2.75, 3.05) is 13.2 Å². The molecular weight excluding hydrogens is 523 g/mol. The van der Waals surface area contributed by atoms with Crippen LogP contribution in [0.5, 0.6) is 5.75 Å². The van der Waals surface area contributed by atoms with Crippen molar-refractivity contribution in [1.82, 2.24) is 5.32 Å². The first-order valence-electron chi connectivity index (χ1n) is 13.6. The lowest BCUT2D eigenvalue weighted by molar-refractivity contribution is -0.143. The fourth-order valence-electron chi connectivity index (χ4n) is 4.45. The number of alkyl carbamates (subject to hydrolysis) is 1. The number of ether oxygens (including phenoxy) is 3. The molecule has 1 atom stereocenters. The lowest BCUT2D eigenvalue weighted by Crippen LogP contribution is -2.36. The number of nitrogens with one attached hydrogen (secondary N) is 1. The van der Waals surface area contributed by atoms with Gasteiger partial charge in [0, 0.05) is 11.1 Å². The van der Waals surface area contributed by atoms with Crippen molar-refractivity contribution in [3.63, 3.8) is 0 Å². The van der Waals surface area contributed by atoms with E-state index in [1.807, 2.05) is 0 Å². The fraction of sp³-hybridized carbons (Fsp3) is 0.484. The molecule has 0 saturated heterocycles. The molecule has 2 aromatic rings. The molecule has 1 fully saturated rings. The molecular formula is C31H38F3NO5. The van der Waals surface area contributed by atoms with E-state index in [1.165, 1.54) is 6.07 Å². The van der Waals surface area contributed by atoms with Gasteiger partial charge in [-0.1, -0.05) is 6.08 Å². The van der Waals surface area contributed by atoms with Crippen LogP contribution in [-0.2, 0) is 14.3 Å². The van der Waals surface area contributed by atoms with Gasteiger partial charge in [-0.05, 0) is 101 Å². The normalized spacial score (nSPS) is 13.9. The number of benzene rings is 2. The lowest BCUT2D eigenvalue weighted by Gasteiger charge is -2.25. The first-order chi connectivity index (χ1) is 18.9. The van der Waals surface area contributed by atoms with Crippen LogP contribution in [-0.4, -0.2) is 30.9 Å². The highest BCUT2D eigenvalue weighted by molar-refractivity contribution is 5.77. The number of halogens is 3. The number of esters is 1. The Hall–Kier alpha value is -3.49. The van der Waals surface area contributed by atoms with Gasteiger partial charge in [0.1, 0.15) is 11.4 Å². The monoisotopic (exact) mass is 561 g/mol. The Morgan fingerprint density at radius 1 is 1.15 bits per heavy atom. The van der Waals surface area contributed by atoms with Crippen molar-refractivity contribution < 1.29 is 37.0 Å². The molecule has 9 heteroatoms. The molecule has 0 radical (unpaired) electrons. The van der Waals surface area contributed by atoms with E-state index in [2.05, 4.69) is 11.9 Å². The van der Waals surface area contributed by atoms with E-state index in [1.54, 1.807) is 46.8 Å². The summed E-state index contributed by atoms with van der Waals surface area (Å²) in [5.74, 6) is -3.78. The third kappa shape index (κ3) is 8.02. The highest BCUT2D eigenvalue weighted by Crippen LogP contribution is 2.46. The van der Waals surface area contributed by atoms with Gasteiger partial charge in [0.25, 0.3) is 0 Å². The number of rotatable bonds is 12. The maximum Gasteiger partial charge on any atom is 0.408 e. The standard InChI is InChI=1S/C31H38F3NO5/c1-7-9-10-13-39-29-26(18(3)14-23(32)28(29)34)20-15-21(19-11-12-19)27(33)22(16-20)24(17-25(36)38-8-2)35-30(37)40-31(4,5)6/h7,14-16,19,24H,1,8-13,17H2,2-6H3,(H,35,37)/t24-/m0/s1. The minimum atomic E-state index is -1.15. The van der Waals surface area contributed by atoms with Crippen molar-refractivity contribution in [3.05, 3.63) is 65.0 Å². The van der Waals surface area contributed by atoms with E-state index in [4.69, 9.17) is 14.2 Å². The SMILES string of the molecule is C=CCCCOc1c(F)c(F)cc(C)c1-c1cc(C2CC2)c(F)c([C@H](CC(=O)OCC)NC(=O)OC(C)(C)C)c1. The summed E-state index contributed by atoms with van der Waals surface area (Å²) in [5.41, 5.74) is 0.591. The van der Waals surface area contributed by atoms with Crippen LogP contribution in [0.15, 0.2) is 30.9 Å². The molecule has 1 saturated carbocycles.